The number of aliphatic hydroxyl groups excluding tert-OH is 1. The van der Waals surface area contributed by atoms with Crippen LogP contribution in [0.3, 0.4) is 0 Å². The summed E-state index contributed by atoms with van der Waals surface area (Å²) in [5, 5.41) is 18.7. The third-order valence-electron chi connectivity index (χ3n) is 3.67. The van der Waals surface area contributed by atoms with Crippen LogP contribution in [0.5, 0.6) is 0 Å². The van der Waals surface area contributed by atoms with E-state index in [9.17, 15) is 23.9 Å². The number of nitrogens with zero attached hydrogens (tertiary/aromatic N) is 1. The summed E-state index contributed by atoms with van der Waals surface area (Å²) in [6.07, 6.45) is -0.0472. The molecule has 1 aliphatic rings. The molecule has 7 heteroatoms. The Morgan fingerprint density at radius 2 is 1.96 bits per heavy atom. The molecule has 2 N–H and O–H groups in total. The summed E-state index contributed by atoms with van der Waals surface area (Å²) >= 11 is 0. The van der Waals surface area contributed by atoms with E-state index in [1.807, 2.05) is 0 Å². The smallest absolute Gasteiger partial charge is 0.303 e. The number of carboxylic acids is 1. The van der Waals surface area contributed by atoms with Gasteiger partial charge in [-0.1, -0.05) is 18.2 Å². The Kier molecular flexibility index (Phi) is 4.78. The predicted octanol–water partition coefficient (Wildman–Crippen LogP) is 1.97. The molecule has 0 fully saturated rings. The van der Waals surface area contributed by atoms with Gasteiger partial charge in [-0.15, -0.1) is 0 Å². The maximum absolute atomic E-state index is 14.1. The van der Waals surface area contributed by atoms with Crippen molar-refractivity contribution in [3.63, 3.8) is 0 Å². The summed E-state index contributed by atoms with van der Waals surface area (Å²) in [4.78, 5) is 35.8. The van der Waals surface area contributed by atoms with Crippen LogP contribution in [0.15, 0.2) is 35.6 Å². The van der Waals surface area contributed by atoms with Gasteiger partial charge in [0.05, 0.1) is 11.6 Å². The van der Waals surface area contributed by atoms with E-state index in [0.717, 1.165) is 4.90 Å². The van der Waals surface area contributed by atoms with Gasteiger partial charge in [-0.2, -0.15) is 0 Å². The lowest BCUT2D eigenvalue weighted by Crippen LogP contribution is -2.32. The van der Waals surface area contributed by atoms with Crippen LogP contribution in [0, 0.1) is 5.82 Å². The normalized spacial score (nSPS) is 17.7. The summed E-state index contributed by atoms with van der Waals surface area (Å²) < 4.78 is 14.1. The van der Waals surface area contributed by atoms with Crippen molar-refractivity contribution in [2.24, 2.45) is 0 Å². The Morgan fingerprint density at radius 1 is 1.30 bits per heavy atom. The van der Waals surface area contributed by atoms with Gasteiger partial charge in [-0.3, -0.25) is 14.4 Å². The van der Waals surface area contributed by atoms with Gasteiger partial charge >= 0.3 is 5.97 Å². The molecule has 1 aromatic rings. The average Bonchev–Trinajstić information content (AvgIpc) is 2.72. The summed E-state index contributed by atoms with van der Waals surface area (Å²) in [7, 11) is 0. The van der Waals surface area contributed by atoms with E-state index in [0.29, 0.717) is 0 Å². The maximum atomic E-state index is 14.1. The number of ketones is 1. The second-order valence-electron chi connectivity index (χ2n) is 5.24. The Hall–Kier alpha value is -2.70. The fourth-order valence-corrected chi connectivity index (χ4v) is 2.66. The van der Waals surface area contributed by atoms with Gasteiger partial charge in [-0.25, -0.2) is 4.39 Å². The van der Waals surface area contributed by atoms with Gasteiger partial charge in [-0.05, 0) is 19.4 Å². The highest BCUT2D eigenvalue weighted by atomic mass is 19.1. The standard InChI is InChI=1S/C16H16FNO5/c1-9(19)13-14(10-5-2-3-6-11(10)17)18(16(23)15(13)22)8-4-7-12(20)21/h2-3,5-6,14,22H,4,7-8H2,1H3,(H,20,21)/t14-/m1/s1. The molecule has 1 aliphatic heterocycles. The Balaban J connectivity index is 2.41. The minimum absolute atomic E-state index is 0.00895. The maximum Gasteiger partial charge on any atom is 0.303 e. The van der Waals surface area contributed by atoms with Crippen LogP contribution < -0.4 is 0 Å². The molecular formula is C16H16FNO5. The number of carbonyl (C=O) groups excluding carboxylic acids is 2. The lowest BCUT2D eigenvalue weighted by molar-refractivity contribution is -0.138. The highest BCUT2D eigenvalue weighted by molar-refractivity contribution is 6.08. The van der Waals surface area contributed by atoms with Gasteiger partial charge < -0.3 is 15.1 Å². The van der Waals surface area contributed by atoms with Crippen molar-refractivity contribution < 1.29 is 29.0 Å². The van der Waals surface area contributed by atoms with Crippen LogP contribution in [0.4, 0.5) is 4.39 Å². The van der Waals surface area contributed by atoms with E-state index in [1.54, 1.807) is 6.07 Å². The summed E-state index contributed by atoms with van der Waals surface area (Å²) in [5.74, 6) is -3.68. The van der Waals surface area contributed by atoms with Crippen molar-refractivity contribution in [1.29, 1.82) is 0 Å². The van der Waals surface area contributed by atoms with E-state index >= 15 is 0 Å². The van der Waals surface area contributed by atoms with Gasteiger partial charge in [0.25, 0.3) is 5.91 Å². The molecule has 0 aliphatic carbocycles. The molecular weight excluding hydrogens is 305 g/mol. The van der Waals surface area contributed by atoms with Crippen LogP contribution in [0.25, 0.3) is 0 Å². The van der Waals surface area contributed by atoms with Crippen LogP contribution in [-0.2, 0) is 14.4 Å². The number of benzene rings is 1. The molecule has 0 aromatic heterocycles. The Morgan fingerprint density at radius 3 is 2.52 bits per heavy atom. The number of hydrogen-bond acceptors (Lipinski definition) is 4. The molecule has 23 heavy (non-hydrogen) atoms. The summed E-state index contributed by atoms with van der Waals surface area (Å²) in [6.45, 7) is 1.18. The third kappa shape index (κ3) is 3.23. The number of aliphatic hydroxyl groups is 1. The highest BCUT2D eigenvalue weighted by Gasteiger charge is 2.42. The second-order valence-corrected chi connectivity index (χ2v) is 5.24. The topological polar surface area (TPSA) is 94.9 Å². The average molecular weight is 321 g/mol. The highest BCUT2D eigenvalue weighted by Crippen LogP contribution is 2.38. The van der Waals surface area contributed by atoms with E-state index in [-0.39, 0.29) is 30.5 Å². The van der Waals surface area contributed by atoms with Crippen molar-refractivity contribution >= 4 is 17.7 Å². The summed E-state index contributed by atoms with van der Waals surface area (Å²) in [6, 6.07) is 4.61. The van der Waals surface area contributed by atoms with E-state index in [1.165, 1.54) is 25.1 Å². The zero-order valence-corrected chi connectivity index (χ0v) is 12.5. The summed E-state index contributed by atoms with van der Waals surface area (Å²) in [5.41, 5.74) is -0.0825. The molecule has 1 atom stereocenters. The van der Waals surface area contributed by atoms with Crippen molar-refractivity contribution in [2.75, 3.05) is 6.54 Å². The molecule has 0 saturated heterocycles. The molecule has 0 bridgehead atoms. The molecule has 0 radical (unpaired) electrons. The number of carboxylic acid groups (broad SMARTS) is 1. The van der Waals surface area contributed by atoms with Gasteiger partial charge in [0.2, 0.25) is 0 Å². The number of hydrogen-bond donors (Lipinski definition) is 2. The zero-order valence-electron chi connectivity index (χ0n) is 12.5. The quantitative estimate of drug-likeness (QED) is 0.835. The molecule has 2 rings (SSSR count). The molecule has 1 amide bonds. The molecule has 1 heterocycles. The Bertz CT molecular complexity index is 697. The number of amides is 1. The van der Waals surface area contributed by atoms with Crippen LogP contribution in [-0.4, -0.2) is 39.3 Å². The van der Waals surface area contributed by atoms with Crippen molar-refractivity contribution in [3.8, 4) is 0 Å². The number of halogens is 1. The second kappa shape index (κ2) is 6.60. The van der Waals surface area contributed by atoms with E-state index in [2.05, 4.69) is 0 Å². The molecule has 0 unspecified atom stereocenters. The largest absolute Gasteiger partial charge is 0.503 e. The molecule has 6 nitrogen and oxygen atoms in total. The predicted molar refractivity (Wildman–Crippen MR) is 78.1 cm³/mol. The number of carbonyl (C=O) groups is 3. The fraction of sp³-hybridized carbons (Fsp3) is 0.312. The number of rotatable bonds is 6. The minimum atomic E-state index is -1.05. The first-order valence-electron chi connectivity index (χ1n) is 7.05. The first-order chi connectivity index (χ1) is 10.8. The first-order valence-corrected chi connectivity index (χ1v) is 7.05. The fourth-order valence-electron chi connectivity index (χ4n) is 2.66. The van der Waals surface area contributed by atoms with Crippen LogP contribution in [0.2, 0.25) is 0 Å². The van der Waals surface area contributed by atoms with Crippen LogP contribution in [0.1, 0.15) is 31.4 Å². The molecule has 0 saturated carbocycles. The Labute approximate surface area is 131 Å². The number of aliphatic carboxylic acids is 1. The van der Waals surface area contributed by atoms with E-state index in [4.69, 9.17) is 5.11 Å². The molecule has 0 spiro atoms. The van der Waals surface area contributed by atoms with Crippen molar-refractivity contribution in [1.82, 2.24) is 4.90 Å². The molecule has 122 valence electrons. The van der Waals surface area contributed by atoms with Crippen LogP contribution >= 0.6 is 0 Å². The lowest BCUT2D eigenvalue weighted by Gasteiger charge is -2.26. The zero-order chi connectivity index (χ0) is 17.1. The SMILES string of the molecule is CC(=O)C1=C(O)C(=O)N(CCCC(=O)O)[C@@H]1c1ccccc1F. The minimum Gasteiger partial charge on any atom is -0.503 e. The lowest BCUT2D eigenvalue weighted by atomic mass is 9.96. The van der Waals surface area contributed by atoms with E-state index < -0.39 is 35.3 Å². The monoisotopic (exact) mass is 321 g/mol. The number of Topliss-reactive ketones (excluding diaryl/α,β-unsaturated/α-hetero) is 1. The van der Waals surface area contributed by atoms with Gasteiger partial charge in [0.15, 0.2) is 11.5 Å². The van der Waals surface area contributed by atoms with Crippen molar-refractivity contribution in [3.05, 3.63) is 47.0 Å². The molecule has 1 aromatic carbocycles. The van der Waals surface area contributed by atoms with Crippen molar-refractivity contribution in [2.45, 2.75) is 25.8 Å². The van der Waals surface area contributed by atoms with Gasteiger partial charge in [0, 0.05) is 18.5 Å². The first kappa shape index (κ1) is 16.7. The third-order valence-corrected chi connectivity index (χ3v) is 3.67. The van der Waals surface area contributed by atoms with Gasteiger partial charge in [0.1, 0.15) is 5.82 Å².